The Labute approximate surface area is 119 Å². The zero-order valence-electron chi connectivity index (χ0n) is 12.2. The molecule has 1 amide bonds. The monoisotopic (exact) mass is 279 g/mol. The third-order valence-electron chi connectivity index (χ3n) is 4.09. The van der Waals surface area contributed by atoms with Crippen molar-refractivity contribution in [2.45, 2.75) is 27.2 Å². The number of nitrogens with two attached hydrogens (primary N) is 1. The molecule has 1 aromatic rings. The lowest BCUT2D eigenvalue weighted by Crippen LogP contribution is -2.32. The van der Waals surface area contributed by atoms with Crippen molar-refractivity contribution in [2.24, 2.45) is 17.2 Å². The van der Waals surface area contributed by atoms with Crippen molar-refractivity contribution in [3.05, 3.63) is 29.6 Å². The minimum absolute atomic E-state index is 0.0664. The Hall–Kier alpha value is -1.62. The molecule has 1 aromatic carbocycles. The van der Waals surface area contributed by atoms with Crippen LogP contribution in [0.5, 0.6) is 0 Å². The van der Waals surface area contributed by atoms with Crippen molar-refractivity contribution < 1.29 is 9.18 Å². The first-order valence-electron chi connectivity index (χ1n) is 6.89. The first-order valence-corrected chi connectivity index (χ1v) is 6.89. The van der Waals surface area contributed by atoms with Crippen LogP contribution in [-0.2, 0) is 0 Å². The van der Waals surface area contributed by atoms with Crippen molar-refractivity contribution in [3.63, 3.8) is 0 Å². The summed E-state index contributed by atoms with van der Waals surface area (Å²) in [7, 11) is 0. The van der Waals surface area contributed by atoms with Crippen LogP contribution in [0.25, 0.3) is 0 Å². The number of carbonyl (C=O) groups excluding carboxylic acids is 1. The van der Waals surface area contributed by atoms with Crippen molar-refractivity contribution in [1.29, 1.82) is 0 Å². The van der Waals surface area contributed by atoms with E-state index in [4.69, 9.17) is 5.84 Å². The van der Waals surface area contributed by atoms with Gasteiger partial charge in [0.05, 0.1) is 11.3 Å². The molecule has 1 aliphatic rings. The number of nitrogen functional groups attached to an aromatic ring is 1. The molecule has 1 atom stereocenters. The van der Waals surface area contributed by atoms with Gasteiger partial charge in [-0.2, -0.15) is 0 Å². The maximum atomic E-state index is 13.7. The van der Waals surface area contributed by atoms with E-state index in [9.17, 15) is 9.18 Å². The Balaban J connectivity index is 2.20. The van der Waals surface area contributed by atoms with E-state index >= 15 is 0 Å². The Bertz CT molecular complexity index is 510. The molecule has 0 saturated carbocycles. The molecular weight excluding hydrogens is 257 g/mol. The summed E-state index contributed by atoms with van der Waals surface area (Å²) in [5.74, 6) is 5.12. The van der Waals surface area contributed by atoms with Gasteiger partial charge >= 0.3 is 0 Å². The second-order valence-electron chi connectivity index (χ2n) is 6.41. The van der Waals surface area contributed by atoms with Gasteiger partial charge < -0.3 is 10.3 Å². The quantitative estimate of drug-likeness (QED) is 0.646. The molecule has 3 N–H and O–H groups in total. The summed E-state index contributed by atoms with van der Waals surface area (Å²) in [6.07, 6.45) is 0.982. The molecule has 1 saturated heterocycles. The topological polar surface area (TPSA) is 58.4 Å². The van der Waals surface area contributed by atoms with Gasteiger partial charge in [0.2, 0.25) is 0 Å². The molecule has 1 aliphatic heterocycles. The van der Waals surface area contributed by atoms with Crippen LogP contribution in [-0.4, -0.2) is 23.9 Å². The van der Waals surface area contributed by atoms with Crippen LogP contribution in [0.4, 0.5) is 10.1 Å². The number of hydrogen-bond acceptors (Lipinski definition) is 3. The van der Waals surface area contributed by atoms with E-state index in [2.05, 4.69) is 26.2 Å². The van der Waals surface area contributed by atoms with E-state index in [1.54, 1.807) is 11.0 Å². The van der Waals surface area contributed by atoms with E-state index in [1.807, 2.05) is 0 Å². The van der Waals surface area contributed by atoms with Crippen LogP contribution >= 0.6 is 0 Å². The molecule has 0 bridgehead atoms. The molecule has 5 heteroatoms. The molecule has 1 unspecified atom stereocenters. The highest BCUT2D eigenvalue weighted by atomic mass is 19.1. The maximum Gasteiger partial charge on any atom is 0.256 e. The van der Waals surface area contributed by atoms with E-state index in [1.165, 1.54) is 12.1 Å². The number of benzene rings is 1. The SMILES string of the molecule is CC(C)(C)C1CCN(C(=O)c2cccc(F)c2NN)C1. The molecule has 0 aromatic heterocycles. The highest BCUT2D eigenvalue weighted by Crippen LogP contribution is 2.34. The Morgan fingerprint density at radius 3 is 2.70 bits per heavy atom. The van der Waals surface area contributed by atoms with Crippen molar-refractivity contribution in [3.8, 4) is 0 Å². The molecule has 0 spiro atoms. The van der Waals surface area contributed by atoms with Gasteiger partial charge in [-0.05, 0) is 29.9 Å². The third-order valence-corrected chi connectivity index (χ3v) is 4.09. The summed E-state index contributed by atoms with van der Waals surface area (Å²) in [5.41, 5.74) is 2.82. The lowest BCUT2D eigenvalue weighted by atomic mass is 9.80. The fourth-order valence-electron chi connectivity index (χ4n) is 2.67. The van der Waals surface area contributed by atoms with Gasteiger partial charge in [-0.1, -0.05) is 26.8 Å². The lowest BCUT2D eigenvalue weighted by molar-refractivity contribution is 0.0777. The van der Waals surface area contributed by atoms with Gasteiger partial charge in [-0.25, -0.2) is 4.39 Å². The molecule has 1 heterocycles. The average Bonchev–Trinajstić information content (AvgIpc) is 2.87. The fraction of sp³-hybridized carbons (Fsp3) is 0.533. The summed E-state index contributed by atoms with van der Waals surface area (Å²) >= 11 is 0. The number of nitrogens with zero attached hydrogens (tertiary/aromatic N) is 1. The largest absolute Gasteiger partial charge is 0.338 e. The molecule has 0 radical (unpaired) electrons. The second kappa shape index (κ2) is 5.40. The highest BCUT2D eigenvalue weighted by molar-refractivity contribution is 5.99. The predicted octanol–water partition coefficient (Wildman–Crippen LogP) is 2.62. The van der Waals surface area contributed by atoms with Crippen molar-refractivity contribution in [2.75, 3.05) is 18.5 Å². The predicted molar refractivity (Wildman–Crippen MR) is 77.7 cm³/mol. The van der Waals surface area contributed by atoms with Crippen LogP contribution < -0.4 is 11.3 Å². The molecular formula is C15H22FN3O. The Kier molecular flexibility index (Phi) is 3.99. The van der Waals surface area contributed by atoms with Crippen LogP contribution in [0.3, 0.4) is 0 Å². The molecule has 0 aliphatic carbocycles. The summed E-state index contributed by atoms with van der Waals surface area (Å²) < 4.78 is 13.7. The summed E-state index contributed by atoms with van der Waals surface area (Å²) in [6, 6.07) is 4.42. The van der Waals surface area contributed by atoms with E-state index in [-0.39, 0.29) is 17.0 Å². The summed E-state index contributed by atoms with van der Waals surface area (Å²) in [5, 5.41) is 0. The number of likely N-dealkylation sites (tertiary alicyclic amines) is 1. The smallest absolute Gasteiger partial charge is 0.256 e. The fourth-order valence-corrected chi connectivity index (χ4v) is 2.67. The molecule has 1 fully saturated rings. The lowest BCUT2D eigenvalue weighted by Gasteiger charge is -2.27. The first kappa shape index (κ1) is 14.8. The molecule has 4 nitrogen and oxygen atoms in total. The van der Waals surface area contributed by atoms with E-state index in [0.29, 0.717) is 24.6 Å². The molecule has 20 heavy (non-hydrogen) atoms. The van der Waals surface area contributed by atoms with Gasteiger partial charge in [0.25, 0.3) is 5.91 Å². The van der Waals surface area contributed by atoms with Gasteiger partial charge in [0.1, 0.15) is 5.82 Å². The number of hydrazine groups is 1. The number of anilines is 1. The summed E-state index contributed by atoms with van der Waals surface area (Å²) in [4.78, 5) is 14.3. The number of para-hydroxylation sites is 1. The molecule has 2 rings (SSSR count). The second-order valence-corrected chi connectivity index (χ2v) is 6.41. The van der Waals surface area contributed by atoms with Crippen LogP contribution in [0.2, 0.25) is 0 Å². The zero-order valence-corrected chi connectivity index (χ0v) is 12.2. The van der Waals surface area contributed by atoms with Crippen LogP contribution in [0.1, 0.15) is 37.6 Å². The number of rotatable bonds is 2. The number of nitrogens with one attached hydrogen (secondary N) is 1. The number of halogens is 1. The van der Waals surface area contributed by atoms with Crippen molar-refractivity contribution >= 4 is 11.6 Å². The van der Waals surface area contributed by atoms with Crippen molar-refractivity contribution in [1.82, 2.24) is 4.90 Å². The first-order chi connectivity index (χ1) is 9.34. The number of carbonyl (C=O) groups is 1. The van der Waals surface area contributed by atoms with Gasteiger partial charge in [-0.3, -0.25) is 10.6 Å². The Morgan fingerprint density at radius 2 is 2.15 bits per heavy atom. The Morgan fingerprint density at radius 1 is 1.45 bits per heavy atom. The minimum Gasteiger partial charge on any atom is -0.338 e. The third kappa shape index (κ3) is 2.77. The highest BCUT2D eigenvalue weighted by Gasteiger charge is 2.34. The average molecular weight is 279 g/mol. The van der Waals surface area contributed by atoms with E-state index in [0.717, 1.165) is 6.42 Å². The molecule has 110 valence electrons. The van der Waals surface area contributed by atoms with Crippen LogP contribution in [0.15, 0.2) is 18.2 Å². The minimum atomic E-state index is -0.509. The van der Waals surface area contributed by atoms with Gasteiger partial charge in [-0.15, -0.1) is 0 Å². The standard InChI is InChI=1S/C15H22FN3O/c1-15(2,3)10-7-8-19(9-10)14(20)11-5-4-6-12(16)13(11)18-17/h4-6,10,18H,7-9,17H2,1-3H3. The number of amides is 1. The summed E-state index contributed by atoms with van der Waals surface area (Å²) in [6.45, 7) is 7.96. The van der Waals surface area contributed by atoms with Crippen LogP contribution in [0, 0.1) is 17.2 Å². The maximum absolute atomic E-state index is 13.7. The van der Waals surface area contributed by atoms with Gasteiger partial charge in [0.15, 0.2) is 0 Å². The zero-order chi connectivity index (χ0) is 14.9. The van der Waals surface area contributed by atoms with E-state index < -0.39 is 5.82 Å². The number of hydrogen-bond donors (Lipinski definition) is 2. The van der Waals surface area contributed by atoms with Gasteiger partial charge in [0, 0.05) is 13.1 Å². The normalized spacial score (nSPS) is 19.2.